The van der Waals surface area contributed by atoms with E-state index in [0.29, 0.717) is 0 Å². The number of unbranched alkanes of at least 4 members (excludes halogenated alkanes) is 3. The number of aryl methyl sites for hydroxylation is 1. The molecule has 1 radical (unpaired) electrons. The zero-order valence-electron chi connectivity index (χ0n) is 9.25. The van der Waals surface area contributed by atoms with Crippen molar-refractivity contribution in [1.82, 2.24) is 0 Å². The van der Waals surface area contributed by atoms with Crippen LogP contribution in [-0.2, 0) is 6.42 Å². The highest BCUT2D eigenvalue weighted by molar-refractivity contribution is 5.76. The minimum Gasteiger partial charge on any atom is -0.464 e. The number of furan rings is 1. The molecule has 0 saturated heterocycles. The maximum absolute atomic E-state index is 5.33. The van der Waals surface area contributed by atoms with Gasteiger partial charge < -0.3 is 4.42 Å². The minimum absolute atomic E-state index is 0.961. The van der Waals surface area contributed by atoms with Crippen LogP contribution in [0.25, 0.3) is 11.0 Å². The summed E-state index contributed by atoms with van der Waals surface area (Å²) in [6.07, 6.45) is 8.05. The number of benzene rings is 1. The molecule has 2 aromatic rings. The molecule has 0 amide bonds. The van der Waals surface area contributed by atoms with Crippen molar-refractivity contribution in [3.63, 3.8) is 0 Å². The summed E-state index contributed by atoms with van der Waals surface area (Å²) in [6, 6.07) is 9.47. The van der Waals surface area contributed by atoms with Crippen molar-refractivity contribution >= 4 is 11.0 Å². The summed E-state index contributed by atoms with van der Waals surface area (Å²) in [5, 5.41) is 1.08. The summed E-state index contributed by atoms with van der Waals surface area (Å²) in [5.74, 6) is 0. The second-order valence-electron chi connectivity index (χ2n) is 4.02. The molecule has 0 saturated carbocycles. The summed E-state index contributed by atoms with van der Waals surface area (Å²) in [5.41, 5.74) is 2.34. The van der Waals surface area contributed by atoms with Gasteiger partial charge in [-0.05, 0) is 24.5 Å². The third-order valence-corrected chi connectivity index (χ3v) is 2.77. The zero-order chi connectivity index (χ0) is 10.5. The molecule has 1 aromatic carbocycles. The second kappa shape index (κ2) is 5.01. The van der Waals surface area contributed by atoms with Gasteiger partial charge in [0.1, 0.15) is 5.58 Å². The molecule has 1 heteroatoms. The Hall–Kier alpha value is -1.24. The van der Waals surface area contributed by atoms with Crippen LogP contribution < -0.4 is 0 Å². The first kappa shape index (κ1) is 10.3. The molecule has 0 spiro atoms. The Morgan fingerprint density at radius 2 is 2.13 bits per heavy atom. The van der Waals surface area contributed by atoms with Crippen LogP contribution in [0, 0.1) is 6.07 Å². The Morgan fingerprint density at radius 3 is 3.00 bits per heavy atom. The normalized spacial score (nSPS) is 11.0. The topological polar surface area (TPSA) is 13.1 Å². The summed E-state index contributed by atoms with van der Waals surface area (Å²) in [6.45, 7) is 2.24. The van der Waals surface area contributed by atoms with Crippen molar-refractivity contribution in [2.24, 2.45) is 0 Å². The first-order valence-electron chi connectivity index (χ1n) is 5.78. The van der Waals surface area contributed by atoms with Crippen molar-refractivity contribution in [2.45, 2.75) is 39.0 Å². The predicted octanol–water partition coefficient (Wildman–Crippen LogP) is 4.36. The lowest BCUT2D eigenvalue weighted by Gasteiger charge is -2.00. The lowest BCUT2D eigenvalue weighted by atomic mass is 10.1. The van der Waals surface area contributed by atoms with Crippen molar-refractivity contribution in [3.05, 3.63) is 36.1 Å². The Morgan fingerprint density at radius 1 is 1.20 bits per heavy atom. The average molecular weight is 201 g/mol. The van der Waals surface area contributed by atoms with Gasteiger partial charge in [0.15, 0.2) is 0 Å². The van der Waals surface area contributed by atoms with Crippen LogP contribution >= 0.6 is 0 Å². The fraction of sp³-hybridized carbons (Fsp3) is 0.429. The Labute approximate surface area is 91.1 Å². The predicted molar refractivity (Wildman–Crippen MR) is 62.9 cm³/mol. The van der Waals surface area contributed by atoms with Gasteiger partial charge in [0, 0.05) is 11.5 Å². The molecule has 0 unspecified atom stereocenters. The fourth-order valence-electron chi connectivity index (χ4n) is 1.85. The van der Waals surface area contributed by atoms with Crippen molar-refractivity contribution < 1.29 is 4.42 Å². The van der Waals surface area contributed by atoms with Crippen LogP contribution in [0.15, 0.2) is 28.9 Å². The first-order chi connectivity index (χ1) is 7.40. The molecule has 1 aromatic heterocycles. The molecule has 2 rings (SSSR count). The lowest BCUT2D eigenvalue weighted by molar-refractivity contribution is 0.613. The zero-order valence-corrected chi connectivity index (χ0v) is 9.25. The molecule has 1 heterocycles. The smallest absolute Gasteiger partial charge is 0.134 e. The van der Waals surface area contributed by atoms with E-state index < -0.39 is 0 Å². The number of hydrogen-bond acceptors (Lipinski definition) is 1. The summed E-state index contributed by atoms with van der Waals surface area (Å²) in [4.78, 5) is 0. The quantitative estimate of drug-likeness (QED) is 0.655. The summed E-state index contributed by atoms with van der Waals surface area (Å²) in [7, 11) is 0. The second-order valence-corrected chi connectivity index (χ2v) is 4.02. The summed E-state index contributed by atoms with van der Waals surface area (Å²) < 4.78 is 5.33. The summed E-state index contributed by atoms with van der Waals surface area (Å²) >= 11 is 0. The highest BCUT2D eigenvalue weighted by Gasteiger charge is 1.99. The molecular formula is C14H17O. The van der Waals surface area contributed by atoms with Crippen molar-refractivity contribution in [3.8, 4) is 0 Å². The Bertz CT molecular complexity index is 414. The maximum atomic E-state index is 5.33. The van der Waals surface area contributed by atoms with Gasteiger partial charge in [-0.2, -0.15) is 0 Å². The Kier molecular flexibility index (Phi) is 3.44. The van der Waals surface area contributed by atoms with E-state index in [-0.39, 0.29) is 0 Å². The standard InChI is InChI=1S/C14H17O/c1-2-3-4-5-6-12-7-8-13-9-10-15-14(13)11-12/h7-8,10-11H,2-6H2,1H3. The molecule has 15 heavy (non-hydrogen) atoms. The van der Waals surface area contributed by atoms with Crippen LogP contribution in [0.2, 0.25) is 0 Å². The third-order valence-electron chi connectivity index (χ3n) is 2.77. The molecule has 0 N–H and O–H groups in total. The van der Waals surface area contributed by atoms with E-state index in [0.717, 1.165) is 17.4 Å². The molecule has 0 aliphatic heterocycles. The average Bonchev–Trinajstić information content (AvgIpc) is 2.71. The van der Waals surface area contributed by atoms with Gasteiger partial charge in [-0.15, -0.1) is 0 Å². The molecule has 79 valence electrons. The minimum atomic E-state index is 0.961. The van der Waals surface area contributed by atoms with Gasteiger partial charge in [0.05, 0.1) is 6.26 Å². The number of hydrogen-bond donors (Lipinski definition) is 0. The van der Waals surface area contributed by atoms with Gasteiger partial charge in [-0.25, -0.2) is 0 Å². The van der Waals surface area contributed by atoms with Crippen LogP contribution in [0.3, 0.4) is 0 Å². The van der Waals surface area contributed by atoms with E-state index >= 15 is 0 Å². The number of rotatable bonds is 5. The molecule has 1 nitrogen and oxygen atoms in total. The molecule has 0 aliphatic rings. The van der Waals surface area contributed by atoms with Gasteiger partial charge >= 0.3 is 0 Å². The highest BCUT2D eigenvalue weighted by atomic mass is 16.3. The van der Waals surface area contributed by atoms with Crippen molar-refractivity contribution in [1.29, 1.82) is 0 Å². The van der Waals surface area contributed by atoms with E-state index in [1.54, 1.807) is 6.26 Å². The van der Waals surface area contributed by atoms with Crippen molar-refractivity contribution in [2.75, 3.05) is 0 Å². The van der Waals surface area contributed by atoms with E-state index in [1.807, 2.05) is 0 Å². The first-order valence-corrected chi connectivity index (χ1v) is 5.78. The monoisotopic (exact) mass is 201 g/mol. The van der Waals surface area contributed by atoms with Gasteiger partial charge in [0.2, 0.25) is 0 Å². The van der Waals surface area contributed by atoms with E-state index in [1.165, 1.54) is 31.2 Å². The van der Waals surface area contributed by atoms with E-state index in [4.69, 9.17) is 4.42 Å². The Balaban J connectivity index is 1.96. The molecule has 0 bridgehead atoms. The van der Waals surface area contributed by atoms with E-state index in [9.17, 15) is 0 Å². The van der Waals surface area contributed by atoms with E-state index in [2.05, 4.69) is 31.2 Å². The molecule has 0 fully saturated rings. The lowest BCUT2D eigenvalue weighted by Crippen LogP contribution is -1.85. The van der Waals surface area contributed by atoms with Gasteiger partial charge in [-0.1, -0.05) is 38.3 Å². The maximum Gasteiger partial charge on any atom is 0.134 e. The fourth-order valence-corrected chi connectivity index (χ4v) is 1.85. The van der Waals surface area contributed by atoms with Crippen LogP contribution in [0.1, 0.15) is 38.2 Å². The molecule has 0 atom stereocenters. The van der Waals surface area contributed by atoms with Gasteiger partial charge in [0.25, 0.3) is 0 Å². The van der Waals surface area contributed by atoms with Crippen LogP contribution in [0.4, 0.5) is 0 Å². The molecular weight excluding hydrogens is 184 g/mol. The molecule has 0 aliphatic carbocycles. The number of fused-ring (bicyclic) bond motifs is 1. The SMILES string of the molecule is CCCCCCc1ccc2[c]coc2c1. The van der Waals surface area contributed by atoms with Crippen LogP contribution in [-0.4, -0.2) is 0 Å². The highest BCUT2D eigenvalue weighted by Crippen LogP contribution is 2.17. The van der Waals surface area contributed by atoms with Crippen LogP contribution in [0.5, 0.6) is 0 Å². The largest absolute Gasteiger partial charge is 0.464 e. The van der Waals surface area contributed by atoms with Gasteiger partial charge in [-0.3, -0.25) is 0 Å². The third kappa shape index (κ3) is 2.62.